The van der Waals surface area contributed by atoms with E-state index in [1.807, 2.05) is 48.0 Å². The summed E-state index contributed by atoms with van der Waals surface area (Å²) in [5.74, 6) is 0.841. The molecule has 20 heavy (non-hydrogen) atoms. The van der Waals surface area contributed by atoms with Crippen LogP contribution in [0.15, 0.2) is 36.5 Å². The Morgan fingerprint density at radius 3 is 2.55 bits per heavy atom. The van der Waals surface area contributed by atoms with E-state index in [9.17, 15) is 5.11 Å². The minimum absolute atomic E-state index is 0.458. The number of ether oxygens (including phenoxy) is 1. The molecule has 0 spiro atoms. The van der Waals surface area contributed by atoms with Crippen molar-refractivity contribution in [3.05, 3.63) is 42.4 Å². The third-order valence-corrected chi connectivity index (χ3v) is 2.99. The molecular formula is C16H22N2O2. The van der Waals surface area contributed by atoms with Crippen LogP contribution in [-0.4, -0.2) is 26.9 Å². The zero-order valence-corrected chi connectivity index (χ0v) is 12.3. The Bertz CT molecular complexity index is 541. The van der Waals surface area contributed by atoms with Crippen LogP contribution in [0.4, 0.5) is 0 Å². The zero-order valence-electron chi connectivity index (χ0n) is 12.3. The van der Waals surface area contributed by atoms with Gasteiger partial charge in [0.15, 0.2) is 0 Å². The van der Waals surface area contributed by atoms with Crippen molar-refractivity contribution in [2.75, 3.05) is 6.61 Å². The van der Waals surface area contributed by atoms with Crippen LogP contribution >= 0.6 is 0 Å². The summed E-state index contributed by atoms with van der Waals surface area (Å²) < 4.78 is 7.49. The molecule has 1 N–H and O–H groups in total. The summed E-state index contributed by atoms with van der Waals surface area (Å²) in [5.41, 5.74) is 1.29. The normalized spacial score (nSPS) is 11.8. The molecule has 0 aliphatic heterocycles. The third-order valence-electron chi connectivity index (χ3n) is 2.99. The molecule has 0 bridgehead atoms. The molecule has 0 saturated carbocycles. The number of nitrogens with zero attached hydrogens (tertiary/aromatic N) is 2. The number of rotatable bonds is 6. The molecule has 2 aromatic rings. The monoisotopic (exact) mass is 274 g/mol. The molecule has 0 aliphatic carbocycles. The minimum Gasteiger partial charge on any atom is -0.389 e. The summed E-state index contributed by atoms with van der Waals surface area (Å²) in [6.07, 6.45) is 1.84. The van der Waals surface area contributed by atoms with Gasteiger partial charge in [-0.25, -0.2) is 4.98 Å². The Hall–Kier alpha value is -1.65. The van der Waals surface area contributed by atoms with Crippen molar-refractivity contribution in [1.82, 2.24) is 9.55 Å². The van der Waals surface area contributed by atoms with Crippen molar-refractivity contribution >= 4 is 0 Å². The lowest BCUT2D eigenvalue weighted by atomic mass is 10.1. The van der Waals surface area contributed by atoms with Crippen LogP contribution in [0.2, 0.25) is 0 Å². The van der Waals surface area contributed by atoms with Crippen molar-refractivity contribution < 1.29 is 9.84 Å². The molecule has 0 amide bonds. The minimum atomic E-state index is -0.800. The van der Waals surface area contributed by atoms with Crippen LogP contribution in [0, 0.1) is 0 Å². The van der Waals surface area contributed by atoms with Gasteiger partial charge in [-0.2, -0.15) is 0 Å². The van der Waals surface area contributed by atoms with Crippen LogP contribution < -0.4 is 0 Å². The van der Waals surface area contributed by atoms with Gasteiger partial charge >= 0.3 is 0 Å². The van der Waals surface area contributed by atoms with Gasteiger partial charge in [0, 0.05) is 6.61 Å². The van der Waals surface area contributed by atoms with E-state index in [1.54, 1.807) is 13.8 Å². The molecule has 0 aliphatic rings. The Kier molecular flexibility index (Phi) is 4.57. The largest absolute Gasteiger partial charge is 0.389 e. The fourth-order valence-electron chi connectivity index (χ4n) is 2.13. The van der Waals surface area contributed by atoms with E-state index in [2.05, 4.69) is 4.98 Å². The van der Waals surface area contributed by atoms with Gasteiger partial charge in [-0.3, -0.25) is 0 Å². The van der Waals surface area contributed by atoms with Gasteiger partial charge in [0.25, 0.3) is 0 Å². The van der Waals surface area contributed by atoms with E-state index in [0.717, 1.165) is 17.1 Å². The van der Waals surface area contributed by atoms with Gasteiger partial charge in [-0.15, -0.1) is 0 Å². The van der Waals surface area contributed by atoms with Crippen LogP contribution in [0.25, 0.3) is 11.3 Å². The molecular weight excluding hydrogens is 252 g/mol. The fourth-order valence-corrected chi connectivity index (χ4v) is 2.13. The summed E-state index contributed by atoms with van der Waals surface area (Å²) in [7, 11) is 0. The molecule has 0 atom stereocenters. The average Bonchev–Trinajstić information content (AvgIpc) is 2.78. The molecule has 0 saturated heterocycles. The SMILES string of the molecule is CCOCc1ncc(-c2ccccc2)n1CC(C)(C)O. The molecule has 4 heteroatoms. The summed E-state index contributed by atoms with van der Waals surface area (Å²) in [6.45, 7) is 7.15. The number of hydrogen-bond donors (Lipinski definition) is 1. The maximum Gasteiger partial charge on any atom is 0.135 e. The second-order valence-electron chi connectivity index (χ2n) is 5.46. The van der Waals surface area contributed by atoms with Crippen LogP contribution in [0.5, 0.6) is 0 Å². The van der Waals surface area contributed by atoms with E-state index >= 15 is 0 Å². The second-order valence-corrected chi connectivity index (χ2v) is 5.46. The number of hydrogen-bond acceptors (Lipinski definition) is 3. The number of aliphatic hydroxyl groups is 1. The quantitative estimate of drug-likeness (QED) is 0.881. The standard InChI is InChI=1S/C16H22N2O2/c1-4-20-11-15-17-10-14(13-8-6-5-7-9-13)18(15)12-16(2,3)19/h5-10,19H,4,11-12H2,1-3H3. The van der Waals surface area contributed by atoms with Crippen LogP contribution in [0.3, 0.4) is 0 Å². The molecule has 1 aromatic carbocycles. The topological polar surface area (TPSA) is 47.3 Å². The summed E-state index contributed by atoms with van der Waals surface area (Å²) in [5, 5.41) is 10.1. The lowest BCUT2D eigenvalue weighted by Gasteiger charge is -2.21. The number of aromatic nitrogens is 2. The highest BCUT2D eigenvalue weighted by Crippen LogP contribution is 2.23. The van der Waals surface area contributed by atoms with E-state index in [1.165, 1.54) is 0 Å². The average molecular weight is 274 g/mol. The molecule has 2 rings (SSSR count). The van der Waals surface area contributed by atoms with Crippen LogP contribution in [0.1, 0.15) is 26.6 Å². The Balaban J connectivity index is 2.39. The van der Waals surface area contributed by atoms with Crippen molar-refractivity contribution in [3.63, 3.8) is 0 Å². The van der Waals surface area contributed by atoms with Gasteiger partial charge in [0.1, 0.15) is 12.4 Å². The summed E-state index contributed by atoms with van der Waals surface area (Å²) >= 11 is 0. The van der Waals surface area contributed by atoms with Crippen molar-refractivity contribution in [2.24, 2.45) is 0 Å². The molecule has 0 fully saturated rings. The maximum atomic E-state index is 10.1. The fraction of sp³-hybridized carbons (Fsp3) is 0.438. The first kappa shape index (κ1) is 14.8. The molecule has 1 heterocycles. The van der Waals surface area contributed by atoms with Gasteiger partial charge in [-0.1, -0.05) is 30.3 Å². The highest BCUT2D eigenvalue weighted by Gasteiger charge is 2.19. The van der Waals surface area contributed by atoms with Gasteiger partial charge in [-0.05, 0) is 26.3 Å². The number of imidazole rings is 1. The summed E-state index contributed by atoms with van der Waals surface area (Å²) in [6, 6.07) is 10.1. The van der Waals surface area contributed by atoms with E-state index < -0.39 is 5.60 Å². The predicted octanol–water partition coefficient (Wildman–Crippen LogP) is 2.86. The van der Waals surface area contributed by atoms with E-state index in [4.69, 9.17) is 4.74 Å². The molecule has 1 aromatic heterocycles. The Morgan fingerprint density at radius 1 is 1.25 bits per heavy atom. The molecule has 0 radical (unpaired) electrons. The highest BCUT2D eigenvalue weighted by molar-refractivity contribution is 5.59. The first-order valence-electron chi connectivity index (χ1n) is 6.91. The number of benzene rings is 1. The first-order chi connectivity index (χ1) is 9.51. The lowest BCUT2D eigenvalue weighted by Crippen LogP contribution is -2.27. The second kappa shape index (κ2) is 6.20. The lowest BCUT2D eigenvalue weighted by molar-refractivity contribution is 0.0574. The van der Waals surface area contributed by atoms with Crippen molar-refractivity contribution in [3.8, 4) is 11.3 Å². The van der Waals surface area contributed by atoms with Gasteiger partial charge in [0.05, 0.1) is 24.0 Å². The van der Waals surface area contributed by atoms with Crippen molar-refractivity contribution in [1.29, 1.82) is 0 Å². The van der Waals surface area contributed by atoms with Gasteiger partial charge in [0.2, 0.25) is 0 Å². The first-order valence-corrected chi connectivity index (χ1v) is 6.91. The van der Waals surface area contributed by atoms with Crippen molar-refractivity contribution in [2.45, 2.75) is 39.5 Å². The predicted molar refractivity (Wildman–Crippen MR) is 79.3 cm³/mol. The van der Waals surface area contributed by atoms with Crippen LogP contribution in [-0.2, 0) is 17.9 Å². The molecule has 0 unspecified atom stereocenters. The smallest absolute Gasteiger partial charge is 0.135 e. The van der Waals surface area contributed by atoms with Gasteiger partial charge < -0.3 is 14.4 Å². The zero-order chi connectivity index (χ0) is 14.6. The maximum absolute atomic E-state index is 10.1. The van der Waals surface area contributed by atoms with E-state index in [0.29, 0.717) is 19.8 Å². The third kappa shape index (κ3) is 3.68. The Labute approximate surface area is 120 Å². The molecule has 4 nitrogen and oxygen atoms in total. The molecule has 108 valence electrons. The highest BCUT2D eigenvalue weighted by atomic mass is 16.5. The summed E-state index contributed by atoms with van der Waals surface area (Å²) in [4.78, 5) is 4.44. The Morgan fingerprint density at radius 2 is 1.95 bits per heavy atom. The van der Waals surface area contributed by atoms with E-state index in [-0.39, 0.29) is 0 Å².